The molecule has 1 N–H and O–H groups in total. The summed E-state index contributed by atoms with van der Waals surface area (Å²) >= 11 is 0. The van der Waals surface area contributed by atoms with E-state index in [2.05, 4.69) is 0 Å². The van der Waals surface area contributed by atoms with Gasteiger partial charge in [0.05, 0.1) is 50.1 Å². The third kappa shape index (κ3) is 18.0. The van der Waals surface area contributed by atoms with Crippen LogP contribution in [0.2, 0.25) is 0 Å². The predicted octanol–water partition coefficient (Wildman–Crippen LogP) is 5.78. The van der Waals surface area contributed by atoms with E-state index in [1.807, 2.05) is 81.4 Å². The Labute approximate surface area is 249 Å². The Morgan fingerprint density at radius 1 is 0.690 bits per heavy atom. The molecule has 0 aromatic heterocycles. The lowest BCUT2D eigenvalue weighted by molar-refractivity contribution is -0.158. The summed E-state index contributed by atoms with van der Waals surface area (Å²) < 4.78 is 21.3. The molecule has 0 aliphatic heterocycles. The molecule has 2 aromatic carbocycles. The number of carboxylic acid groups (broad SMARTS) is 1. The molecule has 0 amide bonds. The number of ether oxygens (including phenoxy) is 4. The zero-order valence-electron chi connectivity index (χ0n) is 25.9. The maximum absolute atomic E-state index is 11.8. The average molecular weight is 587 g/mol. The Morgan fingerprint density at radius 3 is 1.64 bits per heavy atom. The van der Waals surface area contributed by atoms with Crippen molar-refractivity contribution < 1.29 is 43.2 Å². The molecule has 9 nitrogen and oxygen atoms in total. The lowest BCUT2D eigenvalue weighted by atomic mass is 10.0. The van der Waals surface area contributed by atoms with E-state index in [9.17, 15) is 19.2 Å². The standard InChI is InChI=1S/C17H24O4.C16H22O5/c1-13(18)15(10-16(19)21-17(2,3)4)12-20-11-14-8-6-5-7-9-14;1-16(2,3)21-11-13(15(18)19)9-14(17)20-10-12-7-5-4-6-8-12/h5-9,15H,10-12H2,1-4H3;4-8,13H,9-11H2,1-3H3,(H,18,19)/t15-;13-/m11/s1. The molecule has 2 aromatic rings. The van der Waals surface area contributed by atoms with E-state index in [0.29, 0.717) is 6.61 Å². The van der Waals surface area contributed by atoms with Crippen molar-refractivity contribution in [2.45, 2.75) is 85.7 Å². The number of Topliss-reactive ketones (excluding diaryl/α,β-unsaturated/α-hetero) is 1. The summed E-state index contributed by atoms with van der Waals surface area (Å²) in [5, 5.41) is 9.12. The van der Waals surface area contributed by atoms with Crippen molar-refractivity contribution in [3.8, 4) is 0 Å². The zero-order chi connectivity index (χ0) is 31.8. The van der Waals surface area contributed by atoms with Crippen molar-refractivity contribution in [3.05, 3.63) is 71.8 Å². The highest BCUT2D eigenvalue weighted by Crippen LogP contribution is 2.15. The minimum Gasteiger partial charge on any atom is -0.481 e. The zero-order valence-corrected chi connectivity index (χ0v) is 25.9. The van der Waals surface area contributed by atoms with Crippen LogP contribution in [0.1, 0.15) is 72.4 Å². The molecule has 0 saturated heterocycles. The second-order valence-corrected chi connectivity index (χ2v) is 11.9. The van der Waals surface area contributed by atoms with Crippen LogP contribution in [0.3, 0.4) is 0 Å². The Kier molecular flexibility index (Phi) is 15.7. The molecule has 0 unspecified atom stereocenters. The molecule has 232 valence electrons. The third-order valence-electron chi connectivity index (χ3n) is 5.56. The number of aliphatic carboxylic acids is 1. The molecule has 0 spiro atoms. The fourth-order valence-electron chi connectivity index (χ4n) is 3.36. The van der Waals surface area contributed by atoms with Gasteiger partial charge < -0.3 is 24.1 Å². The summed E-state index contributed by atoms with van der Waals surface area (Å²) in [6.07, 6.45) is -0.139. The first-order valence-electron chi connectivity index (χ1n) is 14.0. The van der Waals surface area contributed by atoms with E-state index in [-0.39, 0.29) is 44.4 Å². The van der Waals surface area contributed by atoms with Gasteiger partial charge in [0.25, 0.3) is 0 Å². The molecular weight excluding hydrogens is 540 g/mol. The predicted molar refractivity (Wildman–Crippen MR) is 158 cm³/mol. The molecule has 0 saturated carbocycles. The van der Waals surface area contributed by atoms with Crippen molar-refractivity contribution in [2.24, 2.45) is 11.8 Å². The molecular formula is C33H46O9. The summed E-state index contributed by atoms with van der Waals surface area (Å²) in [6, 6.07) is 19.0. The first-order valence-corrected chi connectivity index (χ1v) is 14.0. The van der Waals surface area contributed by atoms with Crippen LogP contribution in [-0.4, -0.2) is 53.2 Å². The fraction of sp³-hybridized carbons (Fsp3) is 0.515. The molecule has 0 aliphatic carbocycles. The van der Waals surface area contributed by atoms with Gasteiger partial charge in [0, 0.05) is 0 Å². The van der Waals surface area contributed by atoms with Gasteiger partial charge in [-0.15, -0.1) is 0 Å². The quantitative estimate of drug-likeness (QED) is 0.274. The summed E-state index contributed by atoms with van der Waals surface area (Å²) in [5.74, 6) is -3.38. The molecule has 9 heteroatoms. The van der Waals surface area contributed by atoms with E-state index in [1.165, 1.54) is 6.92 Å². The van der Waals surface area contributed by atoms with Gasteiger partial charge in [0.2, 0.25) is 0 Å². The molecule has 42 heavy (non-hydrogen) atoms. The van der Waals surface area contributed by atoms with Crippen LogP contribution >= 0.6 is 0 Å². The van der Waals surface area contributed by atoms with E-state index >= 15 is 0 Å². The highest BCUT2D eigenvalue weighted by Gasteiger charge is 2.25. The van der Waals surface area contributed by atoms with Crippen LogP contribution in [0.25, 0.3) is 0 Å². The van der Waals surface area contributed by atoms with Crippen molar-refractivity contribution in [3.63, 3.8) is 0 Å². The highest BCUT2D eigenvalue weighted by molar-refractivity contribution is 5.83. The number of hydrogen-bond donors (Lipinski definition) is 1. The SMILES string of the molecule is CC(=O)[C@@H](COCc1ccccc1)CC(=O)OC(C)(C)C.CC(C)(C)OC[C@@H](CC(=O)OCc1ccccc1)C(=O)O. The minimum absolute atomic E-state index is 0.0146. The van der Waals surface area contributed by atoms with Crippen LogP contribution in [0.5, 0.6) is 0 Å². The second kappa shape index (κ2) is 18.1. The van der Waals surface area contributed by atoms with Crippen molar-refractivity contribution in [1.29, 1.82) is 0 Å². The van der Waals surface area contributed by atoms with E-state index in [1.54, 1.807) is 20.8 Å². The monoisotopic (exact) mass is 586 g/mol. The first kappa shape index (κ1) is 36.5. The third-order valence-corrected chi connectivity index (χ3v) is 5.56. The molecule has 0 aliphatic rings. The maximum Gasteiger partial charge on any atom is 0.309 e. The van der Waals surface area contributed by atoms with Gasteiger partial charge in [-0.25, -0.2) is 0 Å². The molecule has 0 heterocycles. The van der Waals surface area contributed by atoms with Crippen molar-refractivity contribution in [1.82, 2.24) is 0 Å². The average Bonchev–Trinajstić information content (AvgIpc) is 2.89. The van der Waals surface area contributed by atoms with Crippen LogP contribution in [-0.2, 0) is 51.3 Å². The number of ketones is 1. The maximum atomic E-state index is 11.8. The smallest absolute Gasteiger partial charge is 0.309 e. The number of esters is 2. The van der Waals surface area contributed by atoms with Crippen molar-refractivity contribution >= 4 is 23.7 Å². The number of carbonyl (C=O) groups is 4. The summed E-state index contributed by atoms with van der Waals surface area (Å²) in [7, 11) is 0. The van der Waals surface area contributed by atoms with Crippen molar-refractivity contribution in [2.75, 3.05) is 13.2 Å². The molecule has 0 radical (unpaired) electrons. The largest absolute Gasteiger partial charge is 0.481 e. The molecule has 0 bridgehead atoms. The van der Waals surface area contributed by atoms with Gasteiger partial charge in [0.15, 0.2) is 0 Å². The van der Waals surface area contributed by atoms with Gasteiger partial charge in [-0.1, -0.05) is 60.7 Å². The number of carbonyl (C=O) groups excluding carboxylic acids is 3. The number of rotatable bonds is 14. The van der Waals surface area contributed by atoms with Gasteiger partial charge in [-0.05, 0) is 59.6 Å². The van der Waals surface area contributed by atoms with Gasteiger partial charge >= 0.3 is 17.9 Å². The highest BCUT2D eigenvalue weighted by atomic mass is 16.6. The Balaban J connectivity index is 0.000000420. The first-order chi connectivity index (χ1) is 19.6. The topological polar surface area (TPSA) is 125 Å². The Hall–Kier alpha value is -3.56. The molecule has 2 atom stereocenters. The summed E-state index contributed by atoms with van der Waals surface area (Å²) in [4.78, 5) is 46.2. The van der Waals surface area contributed by atoms with Gasteiger partial charge in [-0.2, -0.15) is 0 Å². The Bertz CT molecular complexity index is 1100. The number of benzene rings is 2. The van der Waals surface area contributed by atoms with E-state index in [0.717, 1.165) is 11.1 Å². The van der Waals surface area contributed by atoms with Crippen LogP contribution in [0.15, 0.2) is 60.7 Å². The summed E-state index contributed by atoms with van der Waals surface area (Å²) in [6.45, 7) is 13.2. The van der Waals surface area contributed by atoms with Crippen LogP contribution in [0.4, 0.5) is 0 Å². The van der Waals surface area contributed by atoms with Gasteiger partial charge in [-0.3, -0.25) is 19.2 Å². The number of hydrogen-bond acceptors (Lipinski definition) is 8. The van der Waals surface area contributed by atoms with Gasteiger partial charge in [0.1, 0.15) is 18.0 Å². The van der Waals surface area contributed by atoms with E-state index < -0.39 is 35.0 Å². The summed E-state index contributed by atoms with van der Waals surface area (Å²) in [5.41, 5.74) is 0.922. The minimum atomic E-state index is -1.06. The van der Waals surface area contributed by atoms with Crippen LogP contribution < -0.4 is 0 Å². The molecule has 2 rings (SSSR count). The Morgan fingerprint density at radius 2 is 1.19 bits per heavy atom. The lowest BCUT2D eigenvalue weighted by Crippen LogP contribution is -2.29. The normalized spacial score (nSPS) is 12.7. The number of carboxylic acids is 1. The fourth-order valence-corrected chi connectivity index (χ4v) is 3.36. The second-order valence-electron chi connectivity index (χ2n) is 11.9. The molecule has 0 fully saturated rings. The lowest BCUT2D eigenvalue weighted by Gasteiger charge is -2.22. The van der Waals surface area contributed by atoms with E-state index in [4.69, 9.17) is 24.1 Å². The van der Waals surface area contributed by atoms with Crippen LogP contribution in [0, 0.1) is 11.8 Å².